The van der Waals surface area contributed by atoms with Gasteiger partial charge in [-0.05, 0) is 48.0 Å². The molecule has 0 aromatic heterocycles. The van der Waals surface area contributed by atoms with Crippen molar-refractivity contribution in [3.63, 3.8) is 0 Å². The van der Waals surface area contributed by atoms with Crippen molar-refractivity contribution < 1.29 is 13.2 Å². The second-order valence-electron chi connectivity index (χ2n) is 3.76. The minimum absolute atomic E-state index is 0.209. The normalized spacial score (nSPS) is 13.6. The van der Waals surface area contributed by atoms with Gasteiger partial charge in [0.05, 0.1) is 11.5 Å². The lowest BCUT2D eigenvalue weighted by molar-refractivity contribution is 0.133. The first-order valence-electron chi connectivity index (χ1n) is 5.42. The van der Waals surface area contributed by atoms with Crippen LogP contribution in [0.5, 0.6) is 0 Å². The summed E-state index contributed by atoms with van der Waals surface area (Å²) in [5.74, 6) is 0. The Morgan fingerprint density at radius 1 is 1.39 bits per heavy atom. The maximum absolute atomic E-state index is 12.2. The first-order valence-corrected chi connectivity index (χ1v) is 8.49. The summed E-state index contributed by atoms with van der Waals surface area (Å²) in [6, 6.07) is 4.74. The van der Waals surface area contributed by atoms with E-state index in [4.69, 9.17) is 4.74 Å². The van der Waals surface area contributed by atoms with Gasteiger partial charge in [0.15, 0.2) is 0 Å². The largest absolute Gasteiger partial charge is 0.380 e. The Morgan fingerprint density at radius 2 is 2.06 bits per heavy atom. The molecule has 0 amide bonds. The molecule has 0 bridgehead atoms. The van der Waals surface area contributed by atoms with Gasteiger partial charge in [-0.2, -0.15) is 0 Å². The highest BCUT2D eigenvalue weighted by atomic mass is 79.9. The van der Waals surface area contributed by atoms with Gasteiger partial charge in [-0.15, -0.1) is 0 Å². The fourth-order valence-electron chi connectivity index (χ4n) is 1.34. The zero-order chi connectivity index (χ0) is 13.8. The quantitative estimate of drug-likeness (QED) is 0.798. The van der Waals surface area contributed by atoms with E-state index in [2.05, 4.69) is 36.6 Å². The van der Waals surface area contributed by atoms with E-state index in [-0.39, 0.29) is 10.9 Å². The van der Waals surface area contributed by atoms with E-state index in [9.17, 15) is 8.42 Å². The van der Waals surface area contributed by atoms with Crippen LogP contribution in [0.15, 0.2) is 32.0 Å². The molecule has 1 aromatic carbocycles. The van der Waals surface area contributed by atoms with E-state index >= 15 is 0 Å². The molecule has 1 rings (SSSR count). The second kappa shape index (κ2) is 7.00. The Bertz CT molecular complexity index is 505. The lowest BCUT2D eigenvalue weighted by Gasteiger charge is -2.15. The third-order valence-corrected chi connectivity index (χ3v) is 5.19. The van der Waals surface area contributed by atoms with Crippen molar-refractivity contribution >= 4 is 41.9 Å². The van der Waals surface area contributed by atoms with Crippen LogP contribution >= 0.6 is 31.9 Å². The summed E-state index contributed by atoms with van der Waals surface area (Å²) >= 11 is 6.50. The van der Waals surface area contributed by atoms with Gasteiger partial charge in [0.1, 0.15) is 0 Å². The van der Waals surface area contributed by atoms with E-state index in [0.29, 0.717) is 22.2 Å². The predicted octanol–water partition coefficient (Wildman–Crippen LogP) is 2.91. The molecule has 18 heavy (non-hydrogen) atoms. The fourth-order valence-corrected chi connectivity index (χ4v) is 4.07. The summed E-state index contributed by atoms with van der Waals surface area (Å²) in [5.41, 5.74) is 0. The average Bonchev–Trinajstić information content (AvgIpc) is 2.29. The Labute approximate surface area is 124 Å². The molecule has 0 heterocycles. The van der Waals surface area contributed by atoms with Gasteiger partial charge >= 0.3 is 0 Å². The maximum Gasteiger partial charge on any atom is 0.242 e. The highest BCUT2D eigenvalue weighted by Crippen LogP contribution is 2.25. The molecule has 1 N–H and O–H groups in total. The van der Waals surface area contributed by atoms with Gasteiger partial charge in [0, 0.05) is 21.6 Å². The van der Waals surface area contributed by atoms with Crippen molar-refractivity contribution in [3.8, 4) is 0 Å². The molecule has 0 saturated heterocycles. The molecule has 1 atom stereocenters. The first kappa shape index (κ1) is 16.1. The van der Waals surface area contributed by atoms with Crippen LogP contribution in [0.4, 0.5) is 0 Å². The van der Waals surface area contributed by atoms with Crippen LogP contribution < -0.4 is 4.72 Å². The Balaban J connectivity index is 2.89. The van der Waals surface area contributed by atoms with E-state index in [1.807, 2.05) is 6.92 Å². The van der Waals surface area contributed by atoms with Crippen LogP contribution in [0.1, 0.15) is 13.8 Å². The molecular formula is C11H15Br2NO3S. The van der Waals surface area contributed by atoms with Crippen molar-refractivity contribution in [3.05, 3.63) is 27.1 Å². The summed E-state index contributed by atoms with van der Waals surface area (Å²) < 4.78 is 33.3. The number of rotatable bonds is 6. The number of ether oxygens (including phenoxy) is 1. The zero-order valence-electron chi connectivity index (χ0n) is 10.1. The van der Waals surface area contributed by atoms with Gasteiger partial charge in [0.25, 0.3) is 0 Å². The summed E-state index contributed by atoms with van der Waals surface area (Å²) in [4.78, 5) is 0.209. The van der Waals surface area contributed by atoms with Crippen molar-refractivity contribution in [2.45, 2.75) is 24.8 Å². The van der Waals surface area contributed by atoms with Crippen molar-refractivity contribution in [1.82, 2.24) is 4.72 Å². The van der Waals surface area contributed by atoms with E-state index in [0.717, 1.165) is 0 Å². The van der Waals surface area contributed by atoms with E-state index in [1.54, 1.807) is 25.1 Å². The molecule has 0 aliphatic heterocycles. The monoisotopic (exact) mass is 399 g/mol. The van der Waals surface area contributed by atoms with Crippen LogP contribution in [0.25, 0.3) is 0 Å². The van der Waals surface area contributed by atoms with Crippen molar-refractivity contribution in [2.24, 2.45) is 0 Å². The van der Waals surface area contributed by atoms with Crippen molar-refractivity contribution in [2.75, 3.05) is 13.2 Å². The lowest BCUT2D eigenvalue weighted by Crippen LogP contribution is -2.36. The standard InChI is InChI=1S/C11H15Br2NO3S/c1-3-17-7-8(2)14-18(15,16)11-6-9(12)4-5-10(11)13/h4-6,8,14H,3,7H2,1-2H3. The minimum atomic E-state index is -3.55. The minimum Gasteiger partial charge on any atom is -0.380 e. The van der Waals surface area contributed by atoms with Gasteiger partial charge in [-0.1, -0.05) is 15.9 Å². The Hall–Kier alpha value is 0.0500. The van der Waals surface area contributed by atoms with Crippen molar-refractivity contribution in [1.29, 1.82) is 0 Å². The topological polar surface area (TPSA) is 55.4 Å². The second-order valence-corrected chi connectivity index (χ2v) is 7.21. The van der Waals surface area contributed by atoms with Crippen LogP contribution in [0, 0.1) is 0 Å². The predicted molar refractivity (Wildman–Crippen MR) is 78.1 cm³/mol. The number of sulfonamides is 1. The summed E-state index contributed by atoms with van der Waals surface area (Å²) in [7, 11) is -3.55. The summed E-state index contributed by atoms with van der Waals surface area (Å²) in [5, 5.41) is 0. The molecule has 0 spiro atoms. The summed E-state index contributed by atoms with van der Waals surface area (Å²) in [6.45, 7) is 4.54. The lowest BCUT2D eigenvalue weighted by atomic mass is 10.4. The average molecular weight is 401 g/mol. The van der Waals surface area contributed by atoms with Gasteiger partial charge in [-0.3, -0.25) is 0 Å². The summed E-state index contributed by atoms with van der Waals surface area (Å²) in [6.07, 6.45) is 0. The molecule has 0 aliphatic rings. The third-order valence-electron chi connectivity index (χ3n) is 2.11. The highest BCUT2D eigenvalue weighted by Gasteiger charge is 2.20. The van der Waals surface area contributed by atoms with E-state index in [1.165, 1.54) is 0 Å². The Morgan fingerprint density at radius 3 is 2.67 bits per heavy atom. The molecule has 1 unspecified atom stereocenters. The van der Waals surface area contributed by atoms with Crippen LogP contribution in [0.3, 0.4) is 0 Å². The smallest absolute Gasteiger partial charge is 0.242 e. The molecule has 0 radical (unpaired) electrons. The SMILES string of the molecule is CCOCC(C)NS(=O)(=O)c1cc(Br)ccc1Br. The first-order chi connectivity index (χ1) is 8.36. The molecular weight excluding hydrogens is 386 g/mol. The third kappa shape index (κ3) is 4.62. The molecule has 0 fully saturated rings. The molecule has 0 saturated carbocycles. The number of benzene rings is 1. The van der Waals surface area contributed by atoms with E-state index < -0.39 is 10.0 Å². The van der Waals surface area contributed by atoms with Gasteiger partial charge < -0.3 is 4.74 Å². The Kier molecular flexibility index (Phi) is 6.26. The number of hydrogen-bond acceptors (Lipinski definition) is 3. The number of nitrogens with one attached hydrogen (secondary N) is 1. The highest BCUT2D eigenvalue weighted by molar-refractivity contribution is 9.11. The fraction of sp³-hybridized carbons (Fsp3) is 0.455. The maximum atomic E-state index is 12.2. The molecule has 102 valence electrons. The van der Waals surface area contributed by atoms with Crippen LogP contribution in [-0.2, 0) is 14.8 Å². The molecule has 4 nitrogen and oxygen atoms in total. The molecule has 1 aromatic rings. The van der Waals surface area contributed by atoms with Gasteiger partial charge in [0.2, 0.25) is 10.0 Å². The molecule has 0 aliphatic carbocycles. The van der Waals surface area contributed by atoms with Gasteiger partial charge in [-0.25, -0.2) is 13.1 Å². The number of hydrogen-bond donors (Lipinski definition) is 1. The zero-order valence-corrected chi connectivity index (χ0v) is 14.1. The van der Waals surface area contributed by atoms with Crippen LogP contribution in [0.2, 0.25) is 0 Å². The molecule has 7 heteroatoms. The van der Waals surface area contributed by atoms with Crippen LogP contribution in [-0.4, -0.2) is 27.7 Å². The number of halogens is 2.